The van der Waals surface area contributed by atoms with Crippen LogP contribution in [0.4, 0.5) is 5.95 Å². The summed E-state index contributed by atoms with van der Waals surface area (Å²) in [6.07, 6.45) is 4.05. The van der Waals surface area contributed by atoms with Gasteiger partial charge in [-0.25, -0.2) is 4.98 Å². The molecule has 0 radical (unpaired) electrons. The Balaban J connectivity index is 2.57. The largest absolute Gasteiger partial charge is 0.475 e. The van der Waals surface area contributed by atoms with Crippen molar-refractivity contribution in [1.29, 1.82) is 0 Å². The van der Waals surface area contributed by atoms with Gasteiger partial charge < -0.3 is 10.1 Å². The van der Waals surface area contributed by atoms with E-state index in [9.17, 15) is 0 Å². The van der Waals surface area contributed by atoms with Crippen LogP contribution in [-0.4, -0.2) is 23.1 Å². The van der Waals surface area contributed by atoms with Crippen LogP contribution in [0.15, 0.2) is 12.3 Å². The van der Waals surface area contributed by atoms with Gasteiger partial charge in [0.15, 0.2) is 0 Å². The molecule has 0 aliphatic rings. The van der Waals surface area contributed by atoms with Crippen LogP contribution in [0.5, 0.6) is 5.88 Å². The minimum atomic E-state index is 0.208. The standard InChI is InChI=1S/C10H17N3O/c1-4-5-8(2)14-9-6-7-12-10(11-3)13-9/h6-8H,4-5H2,1-3H3,(H,11,12,13). The van der Waals surface area contributed by atoms with Gasteiger partial charge in [-0.05, 0) is 13.3 Å². The van der Waals surface area contributed by atoms with Crippen LogP contribution in [0.2, 0.25) is 0 Å². The van der Waals surface area contributed by atoms with Crippen molar-refractivity contribution in [3.05, 3.63) is 12.3 Å². The van der Waals surface area contributed by atoms with Gasteiger partial charge in [0.25, 0.3) is 0 Å². The fourth-order valence-corrected chi connectivity index (χ4v) is 1.20. The Morgan fingerprint density at radius 3 is 3.00 bits per heavy atom. The average Bonchev–Trinajstić information content (AvgIpc) is 2.18. The normalized spacial score (nSPS) is 12.2. The van der Waals surface area contributed by atoms with E-state index in [-0.39, 0.29) is 6.10 Å². The van der Waals surface area contributed by atoms with Crippen molar-refractivity contribution >= 4 is 5.95 Å². The van der Waals surface area contributed by atoms with E-state index in [0.717, 1.165) is 12.8 Å². The lowest BCUT2D eigenvalue weighted by atomic mass is 10.2. The first-order chi connectivity index (χ1) is 6.76. The Labute approximate surface area is 84.7 Å². The van der Waals surface area contributed by atoms with Gasteiger partial charge in [0.1, 0.15) is 0 Å². The van der Waals surface area contributed by atoms with Crippen molar-refractivity contribution in [2.45, 2.75) is 32.8 Å². The second-order valence-corrected chi connectivity index (χ2v) is 3.19. The molecule has 1 rings (SSSR count). The van der Waals surface area contributed by atoms with Crippen molar-refractivity contribution < 1.29 is 4.74 Å². The molecule has 78 valence electrons. The van der Waals surface area contributed by atoms with E-state index in [0.29, 0.717) is 11.8 Å². The van der Waals surface area contributed by atoms with Crippen molar-refractivity contribution in [3.63, 3.8) is 0 Å². The monoisotopic (exact) mass is 195 g/mol. The molecule has 0 saturated carbocycles. The highest BCUT2D eigenvalue weighted by Gasteiger charge is 2.04. The lowest BCUT2D eigenvalue weighted by molar-refractivity contribution is 0.201. The van der Waals surface area contributed by atoms with Crippen molar-refractivity contribution in [3.8, 4) is 5.88 Å². The summed E-state index contributed by atoms with van der Waals surface area (Å²) in [5.74, 6) is 1.22. The molecule has 0 bridgehead atoms. The maximum absolute atomic E-state index is 5.61. The molecule has 4 nitrogen and oxygen atoms in total. The number of nitrogens with one attached hydrogen (secondary N) is 1. The number of aromatic nitrogens is 2. The van der Waals surface area contributed by atoms with Crippen molar-refractivity contribution in [2.75, 3.05) is 12.4 Å². The van der Waals surface area contributed by atoms with Crippen molar-refractivity contribution in [1.82, 2.24) is 9.97 Å². The summed E-state index contributed by atoms with van der Waals surface area (Å²) in [6.45, 7) is 4.18. The van der Waals surface area contributed by atoms with Crippen molar-refractivity contribution in [2.24, 2.45) is 0 Å². The summed E-state index contributed by atoms with van der Waals surface area (Å²) < 4.78 is 5.61. The number of hydrogen-bond donors (Lipinski definition) is 1. The summed E-state index contributed by atoms with van der Waals surface area (Å²) in [5.41, 5.74) is 0. The molecule has 0 saturated heterocycles. The number of nitrogens with zero attached hydrogens (tertiary/aromatic N) is 2. The molecule has 14 heavy (non-hydrogen) atoms. The molecule has 0 aliphatic carbocycles. The fourth-order valence-electron chi connectivity index (χ4n) is 1.20. The lowest BCUT2D eigenvalue weighted by Gasteiger charge is -2.12. The topological polar surface area (TPSA) is 47.0 Å². The SMILES string of the molecule is CCCC(C)Oc1ccnc(NC)n1. The molecule has 1 aromatic heterocycles. The van der Waals surface area contributed by atoms with Gasteiger partial charge in [-0.15, -0.1) is 0 Å². The van der Waals surface area contributed by atoms with Crippen LogP contribution < -0.4 is 10.1 Å². The Kier molecular flexibility index (Phi) is 4.16. The van der Waals surface area contributed by atoms with Gasteiger partial charge in [-0.3, -0.25) is 0 Å². The summed E-state index contributed by atoms with van der Waals surface area (Å²) in [6, 6.07) is 1.77. The van der Waals surface area contributed by atoms with E-state index in [2.05, 4.69) is 22.2 Å². The lowest BCUT2D eigenvalue weighted by Crippen LogP contribution is -2.12. The average molecular weight is 195 g/mol. The number of rotatable bonds is 5. The van der Waals surface area contributed by atoms with Gasteiger partial charge in [0.05, 0.1) is 6.10 Å². The Morgan fingerprint density at radius 1 is 1.57 bits per heavy atom. The second kappa shape index (κ2) is 5.42. The van der Waals surface area contributed by atoms with Crippen LogP contribution >= 0.6 is 0 Å². The first-order valence-electron chi connectivity index (χ1n) is 4.93. The summed E-state index contributed by atoms with van der Waals surface area (Å²) in [7, 11) is 1.79. The number of ether oxygens (including phenoxy) is 1. The smallest absolute Gasteiger partial charge is 0.225 e. The van der Waals surface area contributed by atoms with E-state index in [1.165, 1.54) is 0 Å². The van der Waals surface area contributed by atoms with Crippen LogP contribution in [0.25, 0.3) is 0 Å². The second-order valence-electron chi connectivity index (χ2n) is 3.19. The van der Waals surface area contributed by atoms with Gasteiger partial charge in [-0.2, -0.15) is 4.98 Å². The number of hydrogen-bond acceptors (Lipinski definition) is 4. The summed E-state index contributed by atoms with van der Waals surface area (Å²) in [4.78, 5) is 8.18. The third-order valence-corrected chi connectivity index (χ3v) is 1.87. The minimum absolute atomic E-state index is 0.208. The molecule has 0 aromatic carbocycles. The van der Waals surface area contributed by atoms with Crippen LogP contribution in [0, 0.1) is 0 Å². The van der Waals surface area contributed by atoms with Gasteiger partial charge in [0.2, 0.25) is 11.8 Å². The zero-order valence-corrected chi connectivity index (χ0v) is 8.95. The highest BCUT2D eigenvalue weighted by atomic mass is 16.5. The van der Waals surface area contributed by atoms with Gasteiger partial charge in [0, 0.05) is 19.3 Å². The summed E-state index contributed by atoms with van der Waals surface area (Å²) >= 11 is 0. The predicted molar refractivity (Wildman–Crippen MR) is 56.6 cm³/mol. The van der Waals surface area contributed by atoms with E-state index in [1.807, 2.05) is 6.92 Å². The van der Waals surface area contributed by atoms with E-state index < -0.39 is 0 Å². The van der Waals surface area contributed by atoms with E-state index >= 15 is 0 Å². The maximum Gasteiger partial charge on any atom is 0.225 e. The third kappa shape index (κ3) is 3.20. The van der Waals surface area contributed by atoms with E-state index in [1.54, 1.807) is 19.3 Å². The predicted octanol–water partition coefficient (Wildman–Crippen LogP) is 2.09. The molecule has 0 amide bonds. The quantitative estimate of drug-likeness (QED) is 0.781. The Bertz CT molecular complexity index is 278. The van der Waals surface area contributed by atoms with Crippen LogP contribution in [-0.2, 0) is 0 Å². The van der Waals surface area contributed by atoms with E-state index in [4.69, 9.17) is 4.74 Å². The molecule has 1 heterocycles. The molecular formula is C10H17N3O. The Hall–Kier alpha value is -1.32. The summed E-state index contributed by atoms with van der Waals surface area (Å²) in [5, 5.41) is 2.87. The molecule has 1 aromatic rings. The highest BCUT2D eigenvalue weighted by Crippen LogP contribution is 2.11. The third-order valence-electron chi connectivity index (χ3n) is 1.87. The first-order valence-corrected chi connectivity index (χ1v) is 4.93. The van der Waals surface area contributed by atoms with Gasteiger partial charge in [-0.1, -0.05) is 13.3 Å². The first kappa shape index (κ1) is 10.8. The molecule has 1 atom stereocenters. The molecule has 0 spiro atoms. The zero-order valence-electron chi connectivity index (χ0n) is 8.95. The fraction of sp³-hybridized carbons (Fsp3) is 0.600. The highest BCUT2D eigenvalue weighted by molar-refractivity contribution is 5.26. The molecule has 0 fully saturated rings. The molecule has 4 heteroatoms. The molecule has 1 unspecified atom stereocenters. The van der Waals surface area contributed by atoms with Gasteiger partial charge >= 0.3 is 0 Å². The Morgan fingerprint density at radius 2 is 2.36 bits per heavy atom. The molecule has 1 N–H and O–H groups in total. The minimum Gasteiger partial charge on any atom is -0.475 e. The number of anilines is 1. The zero-order chi connectivity index (χ0) is 10.4. The maximum atomic E-state index is 5.61. The van der Waals surface area contributed by atoms with Crippen LogP contribution in [0.3, 0.4) is 0 Å². The molecule has 0 aliphatic heterocycles. The molecular weight excluding hydrogens is 178 g/mol. The van der Waals surface area contributed by atoms with Crippen LogP contribution in [0.1, 0.15) is 26.7 Å².